The van der Waals surface area contributed by atoms with Gasteiger partial charge >= 0.3 is 0 Å². The molecule has 0 aliphatic carbocycles. The Morgan fingerprint density at radius 3 is 2.05 bits per heavy atom. The van der Waals surface area contributed by atoms with Gasteiger partial charge in [0.2, 0.25) is 0 Å². The van der Waals surface area contributed by atoms with Gasteiger partial charge in [-0.15, -0.1) is 23.2 Å². The Hall–Kier alpha value is -0.980. The van der Waals surface area contributed by atoms with Crippen molar-refractivity contribution in [2.45, 2.75) is 37.9 Å². The van der Waals surface area contributed by atoms with Gasteiger partial charge in [0.1, 0.15) is 0 Å². The molecule has 0 nitrogen and oxygen atoms in total. The molecule has 2 rings (SSSR count). The van der Waals surface area contributed by atoms with Crippen LogP contribution in [0, 0.1) is 0 Å². The summed E-state index contributed by atoms with van der Waals surface area (Å²) in [7, 11) is 0. The molecule has 0 spiro atoms. The van der Waals surface area contributed by atoms with E-state index in [0.717, 1.165) is 11.1 Å². The minimum atomic E-state index is 0.0944. The third-order valence-electron chi connectivity index (χ3n) is 3.58. The van der Waals surface area contributed by atoms with Crippen LogP contribution in [0.5, 0.6) is 0 Å². The van der Waals surface area contributed by atoms with Crippen molar-refractivity contribution in [2.75, 3.05) is 0 Å². The van der Waals surface area contributed by atoms with Crippen LogP contribution in [0.2, 0.25) is 0 Å². The van der Waals surface area contributed by atoms with Crippen LogP contribution in [0.15, 0.2) is 42.5 Å². The summed E-state index contributed by atoms with van der Waals surface area (Å²) in [6.07, 6.45) is 0. The Labute approximate surface area is 131 Å². The van der Waals surface area contributed by atoms with Crippen molar-refractivity contribution in [1.82, 2.24) is 0 Å². The van der Waals surface area contributed by atoms with Crippen molar-refractivity contribution >= 4 is 23.2 Å². The molecule has 0 aromatic heterocycles. The van der Waals surface area contributed by atoms with Crippen molar-refractivity contribution in [3.05, 3.63) is 59.2 Å². The van der Waals surface area contributed by atoms with Crippen molar-refractivity contribution in [3.63, 3.8) is 0 Å². The highest BCUT2D eigenvalue weighted by molar-refractivity contribution is 6.19. The summed E-state index contributed by atoms with van der Waals surface area (Å²) in [6.45, 7) is 6.70. The van der Waals surface area contributed by atoms with E-state index >= 15 is 0 Å². The van der Waals surface area contributed by atoms with Crippen LogP contribution in [0.3, 0.4) is 0 Å². The molecule has 2 aromatic rings. The number of hydrogen-bond donors (Lipinski definition) is 0. The zero-order valence-corrected chi connectivity index (χ0v) is 13.7. The predicted molar refractivity (Wildman–Crippen MR) is 89.7 cm³/mol. The first-order valence-electron chi connectivity index (χ1n) is 6.81. The fourth-order valence-electron chi connectivity index (χ4n) is 2.54. The van der Waals surface area contributed by atoms with Gasteiger partial charge in [-0.1, -0.05) is 63.2 Å². The van der Waals surface area contributed by atoms with Crippen LogP contribution in [0.4, 0.5) is 0 Å². The van der Waals surface area contributed by atoms with Gasteiger partial charge in [0.15, 0.2) is 0 Å². The van der Waals surface area contributed by atoms with Gasteiger partial charge in [-0.25, -0.2) is 0 Å². The van der Waals surface area contributed by atoms with Crippen LogP contribution < -0.4 is 0 Å². The van der Waals surface area contributed by atoms with Crippen LogP contribution in [-0.4, -0.2) is 0 Å². The second-order valence-corrected chi connectivity index (χ2v) is 6.54. The molecule has 0 saturated heterocycles. The van der Waals surface area contributed by atoms with E-state index in [-0.39, 0.29) is 5.41 Å². The van der Waals surface area contributed by atoms with E-state index in [1.807, 2.05) is 6.07 Å². The summed E-state index contributed by atoms with van der Waals surface area (Å²) < 4.78 is 0. The minimum absolute atomic E-state index is 0.0944. The molecule has 0 heterocycles. The van der Waals surface area contributed by atoms with E-state index in [1.54, 1.807) is 0 Å². The van der Waals surface area contributed by atoms with Crippen molar-refractivity contribution in [1.29, 1.82) is 0 Å². The van der Waals surface area contributed by atoms with Gasteiger partial charge in [-0.05, 0) is 33.2 Å². The Morgan fingerprint density at radius 1 is 0.800 bits per heavy atom. The van der Waals surface area contributed by atoms with E-state index in [0.29, 0.717) is 11.8 Å². The molecule has 106 valence electrons. The van der Waals surface area contributed by atoms with Gasteiger partial charge in [-0.2, -0.15) is 0 Å². The highest BCUT2D eigenvalue weighted by Crippen LogP contribution is 2.36. The van der Waals surface area contributed by atoms with Crippen LogP contribution in [0.25, 0.3) is 11.1 Å². The molecule has 0 aliphatic rings. The Morgan fingerprint density at radius 2 is 1.45 bits per heavy atom. The minimum Gasteiger partial charge on any atom is -0.122 e. The predicted octanol–water partition coefficient (Wildman–Crippen LogP) is 6.13. The lowest BCUT2D eigenvalue weighted by Crippen LogP contribution is -2.13. The molecular weight excluding hydrogens is 287 g/mol. The van der Waals surface area contributed by atoms with Gasteiger partial charge < -0.3 is 0 Å². The quantitative estimate of drug-likeness (QED) is 0.598. The second kappa shape index (κ2) is 6.20. The molecule has 0 aliphatic heterocycles. The second-order valence-electron chi connectivity index (χ2n) is 6.01. The number of alkyl halides is 2. The normalized spacial score (nSPS) is 11.7. The van der Waals surface area contributed by atoms with Gasteiger partial charge in [-0.3, -0.25) is 0 Å². The smallest absolute Gasteiger partial charge is 0.0483 e. The highest BCUT2D eigenvalue weighted by atomic mass is 35.5. The van der Waals surface area contributed by atoms with E-state index in [1.165, 1.54) is 16.7 Å². The molecule has 2 heteroatoms. The third-order valence-corrected chi connectivity index (χ3v) is 4.13. The highest BCUT2D eigenvalue weighted by Gasteiger charge is 2.20. The van der Waals surface area contributed by atoms with E-state index in [2.05, 4.69) is 57.2 Å². The summed E-state index contributed by atoms with van der Waals surface area (Å²) in [6, 6.07) is 14.8. The molecule has 0 unspecified atom stereocenters. The maximum absolute atomic E-state index is 6.17. The summed E-state index contributed by atoms with van der Waals surface area (Å²) in [4.78, 5) is 0. The van der Waals surface area contributed by atoms with Gasteiger partial charge in [0.25, 0.3) is 0 Å². The largest absolute Gasteiger partial charge is 0.122 e. The lowest BCUT2D eigenvalue weighted by atomic mass is 9.81. The molecule has 0 N–H and O–H groups in total. The maximum Gasteiger partial charge on any atom is 0.0483 e. The molecule has 2 aromatic carbocycles. The van der Waals surface area contributed by atoms with Crippen molar-refractivity contribution < 1.29 is 0 Å². The van der Waals surface area contributed by atoms with E-state index in [9.17, 15) is 0 Å². The van der Waals surface area contributed by atoms with E-state index in [4.69, 9.17) is 23.2 Å². The van der Waals surface area contributed by atoms with Crippen LogP contribution in [0.1, 0.15) is 37.5 Å². The first kappa shape index (κ1) is 15.4. The summed E-state index contributed by atoms with van der Waals surface area (Å²) in [5, 5.41) is 0. The average Bonchev–Trinajstić information content (AvgIpc) is 2.45. The fraction of sp³-hybridized carbons (Fsp3) is 0.333. The van der Waals surface area contributed by atoms with Crippen molar-refractivity contribution in [2.24, 2.45) is 0 Å². The van der Waals surface area contributed by atoms with Crippen molar-refractivity contribution in [3.8, 4) is 11.1 Å². The molecule has 0 radical (unpaired) electrons. The topological polar surface area (TPSA) is 0 Å². The maximum atomic E-state index is 6.17. The summed E-state index contributed by atoms with van der Waals surface area (Å²) >= 11 is 12.2. The number of halogens is 2. The van der Waals surface area contributed by atoms with E-state index < -0.39 is 0 Å². The molecule has 0 bridgehead atoms. The average molecular weight is 307 g/mol. The number of rotatable bonds is 3. The molecule has 0 fully saturated rings. The third kappa shape index (κ3) is 3.02. The number of benzene rings is 2. The summed E-state index contributed by atoms with van der Waals surface area (Å²) in [5.74, 6) is 0.976. The Kier molecular flexibility index (Phi) is 4.78. The van der Waals surface area contributed by atoms with Gasteiger partial charge in [0, 0.05) is 11.8 Å². The fourth-order valence-corrected chi connectivity index (χ4v) is 3.11. The zero-order valence-electron chi connectivity index (χ0n) is 12.2. The number of hydrogen-bond acceptors (Lipinski definition) is 0. The van der Waals surface area contributed by atoms with Gasteiger partial charge in [0.05, 0.1) is 0 Å². The monoisotopic (exact) mass is 306 g/mol. The van der Waals surface area contributed by atoms with Crippen LogP contribution in [-0.2, 0) is 17.2 Å². The zero-order chi connectivity index (χ0) is 14.8. The molecule has 0 saturated carbocycles. The Balaban J connectivity index is 2.70. The lowest BCUT2D eigenvalue weighted by Gasteiger charge is -2.24. The Bertz CT molecular complexity index is 595. The SMILES string of the molecule is CC(C)(C)c1ccccc1-c1cccc(CCl)c1CCl. The molecule has 20 heavy (non-hydrogen) atoms. The molecule has 0 atom stereocenters. The first-order chi connectivity index (χ1) is 9.49. The molecule has 0 amide bonds. The van der Waals surface area contributed by atoms with Crippen LogP contribution >= 0.6 is 23.2 Å². The lowest BCUT2D eigenvalue weighted by molar-refractivity contribution is 0.592. The molecular formula is C18H20Cl2. The first-order valence-corrected chi connectivity index (χ1v) is 7.88. The standard InChI is InChI=1S/C18H20Cl2/c1-18(2,3)17-10-5-4-8-15(17)14-9-6-7-13(11-19)16(14)12-20/h4-10H,11-12H2,1-3H3. The summed E-state index contributed by atoms with van der Waals surface area (Å²) in [5.41, 5.74) is 6.13.